The predicted octanol–water partition coefficient (Wildman–Crippen LogP) is 3.56. The van der Waals surface area contributed by atoms with Crippen LogP contribution in [0.5, 0.6) is 0 Å². The maximum atomic E-state index is 13.8. The molecule has 0 aromatic heterocycles. The average molecular weight is 273 g/mol. The summed E-state index contributed by atoms with van der Waals surface area (Å²) in [6, 6.07) is 15.1. The molecule has 0 fully saturated rings. The molecule has 0 amide bonds. The lowest BCUT2D eigenvalue weighted by atomic mass is 10.1. The lowest BCUT2D eigenvalue weighted by Gasteiger charge is -2.24. The van der Waals surface area contributed by atoms with Gasteiger partial charge in [0.1, 0.15) is 5.82 Å². The third-order valence-corrected chi connectivity index (χ3v) is 3.44. The number of likely N-dealkylation sites (N-methyl/N-ethyl adjacent to an activating group) is 1. The number of benzene rings is 2. The van der Waals surface area contributed by atoms with E-state index in [-0.39, 0.29) is 5.82 Å². The lowest BCUT2D eigenvalue weighted by molar-refractivity contribution is 0.194. The van der Waals surface area contributed by atoms with Crippen LogP contribution in [-0.2, 0) is 6.42 Å². The average Bonchev–Trinajstić information content (AvgIpc) is 2.45. The summed E-state index contributed by atoms with van der Waals surface area (Å²) in [6.45, 7) is 2.36. The third kappa shape index (κ3) is 3.36. The van der Waals surface area contributed by atoms with Crippen molar-refractivity contribution in [2.24, 2.45) is 0 Å². The molecular weight excluding hydrogens is 253 g/mol. The summed E-state index contributed by atoms with van der Waals surface area (Å²) in [7, 11) is 1.92. The van der Waals surface area contributed by atoms with Crippen molar-refractivity contribution in [1.29, 1.82) is 0 Å². The van der Waals surface area contributed by atoms with Crippen LogP contribution in [0.2, 0.25) is 0 Å². The fraction of sp³-hybridized carbons (Fsp3) is 0.294. The number of halogens is 1. The van der Waals surface area contributed by atoms with E-state index >= 15 is 0 Å². The van der Waals surface area contributed by atoms with Crippen LogP contribution in [0, 0.1) is 5.82 Å². The van der Waals surface area contributed by atoms with Crippen molar-refractivity contribution in [3.63, 3.8) is 0 Å². The Labute approximate surface area is 119 Å². The molecule has 2 aromatic carbocycles. The Kier molecular flexibility index (Phi) is 4.74. The molecule has 0 saturated heterocycles. The number of anilines is 1. The van der Waals surface area contributed by atoms with Gasteiger partial charge in [0.15, 0.2) is 0 Å². The zero-order valence-electron chi connectivity index (χ0n) is 11.9. The van der Waals surface area contributed by atoms with Gasteiger partial charge in [0, 0.05) is 24.8 Å². The summed E-state index contributed by atoms with van der Waals surface area (Å²) in [6.07, 6.45) is 0.0676. The van der Waals surface area contributed by atoms with Gasteiger partial charge in [-0.05, 0) is 31.0 Å². The van der Waals surface area contributed by atoms with Crippen molar-refractivity contribution in [1.82, 2.24) is 0 Å². The van der Waals surface area contributed by atoms with Crippen LogP contribution in [0.3, 0.4) is 0 Å². The van der Waals surface area contributed by atoms with Crippen LogP contribution < -0.4 is 4.90 Å². The van der Waals surface area contributed by atoms with E-state index < -0.39 is 6.10 Å². The molecule has 2 rings (SSSR count). The minimum atomic E-state index is -0.814. The molecule has 0 bridgehead atoms. The highest BCUT2D eigenvalue weighted by atomic mass is 19.1. The van der Waals surface area contributed by atoms with E-state index in [2.05, 4.69) is 12.1 Å². The van der Waals surface area contributed by atoms with Crippen LogP contribution in [0.4, 0.5) is 10.1 Å². The Balaban J connectivity index is 2.13. The fourth-order valence-corrected chi connectivity index (χ4v) is 2.33. The van der Waals surface area contributed by atoms with Crippen molar-refractivity contribution in [2.45, 2.75) is 19.4 Å². The summed E-state index contributed by atoms with van der Waals surface area (Å²) in [5, 5.41) is 9.75. The van der Waals surface area contributed by atoms with E-state index in [1.807, 2.05) is 36.2 Å². The van der Waals surface area contributed by atoms with Gasteiger partial charge in [-0.3, -0.25) is 0 Å². The van der Waals surface area contributed by atoms with Crippen LogP contribution in [0.15, 0.2) is 48.5 Å². The molecule has 0 radical (unpaired) electrons. The van der Waals surface area contributed by atoms with Crippen molar-refractivity contribution >= 4 is 5.69 Å². The number of rotatable bonds is 5. The standard InChI is InChI=1S/C17H20FNO/c1-13(20)17-15(18)9-6-10-16(17)19(2)12-11-14-7-4-3-5-8-14/h3-10,13,20H,11-12H2,1-2H3/t13-/m0/s1. The lowest BCUT2D eigenvalue weighted by Crippen LogP contribution is -2.22. The van der Waals surface area contributed by atoms with E-state index in [1.165, 1.54) is 11.6 Å². The molecule has 0 aliphatic carbocycles. The van der Waals surface area contributed by atoms with Gasteiger partial charge in [0.05, 0.1) is 6.10 Å². The molecule has 0 aliphatic rings. The van der Waals surface area contributed by atoms with Gasteiger partial charge >= 0.3 is 0 Å². The first-order valence-corrected chi connectivity index (χ1v) is 6.81. The van der Waals surface area contributed by atoms with E-state index in [9.17, 15) is 9.50 Å². The molecular formula is C17H20FNO. The Morgan fingerprint density at radius 1 is 1.10 bits per heavy atom. The topological polar surface area (TPSA) is 23.5 Å². The van der Waals surface area contributed by atoms with E-state index in [0.29, 0.717) is 5.56 Å². The molecule has 2 aromatic rings. The van der Waals surface area contributed by atoms with Gasteiger partial charge in [-0.1, -0.05) is 36.4 Å². The maximum absolute atomic E-state index is 13.8. The fourth-order valence-electron chi connectivity index (χ4n) is 2.33. The van der Waals surface area contributed by atoms with Crippen LogP contribution in [0.25, 0.3) is 0 Å². The number of nitrogens with zero attached hydrogens (tertiary/aromatic N) is 1. The molecule has 106 valence electrons. The molecule has 0 spiro atoms. The summed E-state index contributed by atoms with van der Waals surface area (Å²) in [5.41, 5.74) is 2.35. The molecule has 0 saturated carbocycles. The summed E-state index contributed by atoms with van der Waals surface area (Å²) < 4.78 is 13.8. The highest BCUT2D eigenvalue weighted by Gasteiger charge is 2.16. The maximum Gasteiger partial charge on any atom is 0.131 e. The Morgan fingerprint density at radius 3 is 2.45 bits per heavy atom. The van der Waals surface area contributed by atoms with Gasteiger partial charge in [-0.15, -0.1) is 0 Å². The zero-order valence-corrected chi connectivity index (χ0v) is 11.9. The molecule has 2 nitrogen and oxygen atoms in total. The highest BCUT2D eigenvalue weighted by Crippen LogP contribution is 2.28. The first kappa shape index (κ1) is 14.5. The van der Waals surface area contributed by atoms with Gasteiger partial charge in [-0.25, -0.2) is 4.39 Å². The van der Waals surface area contributed by atoms with Gasteiger partial charge < -0.3 is 10.0 Å². The third-order valence-electron chi connectivity index (χ3n) is 3.44. The van der Waals surface area contributed by atoms with E-state index in [4.69, 9.17) is 0 Å². The van der Waals surface area contributed by atoms with Crippen molar-refractivity contribution in [3.05, 3.63) is 65.5 Å². The minimum absolute atomic E-state index is 0.357. The zero-order chi connectivity index (χ0) is 14.5. The molecule has 20 heavy (non-hydrogen) atoms. The van der Waals surface area contributed by atoms with Gasteiger partial charge in [0.25, 0.3) is 0 Å². The van der Waals surface area contributed by atoms with Crippen LogP contribution in [-0.4, -0.2) is 18.7 Å². The molecule has 1 N–H and O–H groups in total. The van der Waals surface area contributed by atoms with Gasteiger partial charge in [0.2, 0.25) is 0 Å². The van der Waals surface area contributed by atoms with Crippen molar-refractivity contribution < 1.29 is 9.50 Å². The Bertz CT molecular complexity index is 554. The molecule has 1 atom stereocenters. The molecule has 0 aliphatic heterocycles. The summed E-state index contributed by atoms with van der Waals surface area (Å²) in [4.78, 5) is 1.98. The summed E-state index contributed by atoms with van der Waals surface area (Å²) in [5.74, 6) is -0.357. The van der Waals surface area contributed by atoms with Crippen molar-refractivity contribution in [2.75, 3.05) is 18.5 Å². The molecule has 3 heteroatoms. The van der Waals surface area contributed by atoms with Crippen LogP contribution >= 0.6 is 0 Å². The number of hydrogen-bond acceptors (Lipinski definition) is 2. The minimum Gasteiger partial charge on any atom is -0.389 e. The number of aliphatic hydroxyl groups is 1. The smallest absolute Gasteiger partial charge is 0.131 e. The van der Waals surface area contributed by atoms with Crippen molar-refractivity contribution in [3.8, 4) is 0 Å². The Morgan fingerprint density at radius 2 is 1.80 bits per heavy atom. The van der Waals surface area contributed by atoms with E-state index in [1.54, 1.807) is 13.0 Å². The second-order valence-corrected chi connectivity index (χ2v) is 5.01. The first-order chi connectivity index (χ1) is 9.59. The SMILES string of the molecule is C[C@H](O)c1c(F)cccc1N(C)CCc1ccccc1. The molecule has 0 heterocycles. The summed E-state index contributed by atoms with van der Waals surface area (Å²) >= 11 is 0. The normalized spacial score (nSPS) is 12.2. The highest BCUT2D eigenvalue weighted by molar-refractivity contribution is 5.54. The second kappa shape index (κ2) is 6.53. The van der Waals surface area contributed by atoms with Gasteiger partial charge in [-0.2, -0.15) is 0 Å². The second-order valence-electron chi connectivity index (χ2n) is 5.01. The van der Waals surface area contributed by atoms with E-state index in [0.717, 1.165) is 18.7 Å². The number of aliphatic hydroxyl groups excluding tert-OH is 1. The first-order valence-electron chi connectivity index (χ1n) is 6.81. The van der Waals surface area contributed by atoms with Crippen LogP contribution in [0.1, 0.15) is 24.2 Å². The predicted molar refractivity (Wildman–Crippen MR) is 80.4 cm³/mol. The largest absolute Gasteiger partial charge is 0.389 e. The monoisotopic (exact) mass is 273 g/mol. The molecule has 0 unspecified atom stereocenters. The number of hydrogen-bond donors (Lipinski definition) is 1. The Hall–Kier alpha value is -1.87. The quantitative estimate of drug-likeness (QED) is 0.900.